The number of nitrogens with zero attached hydrogens (tertiary/aromatic N) is 3. The van der Waals surface area contributed by atoms with Gasteiger partial charge in [-0.2, -0.15) is 5.10 Å². The Bertz CT molecular complexity index is 631. The Kier molecular flexibility index (Phi) is 2.22. The van der Waals surface area contributed by atoms with E-state index >= 15 is 0 Å². The summed E-state index contributed by atoms with van der Waals surface area (Å²) < 4.78 is 2.68. The van der Waals surface area contributed by atoms with Crippen LogP contribution in [-0.4, -0.2) is 14.6 Å². The van der Waals surface area contributed by atoms with Gasteiger partial charge in [0.25, 0.3) is 0 Å². The van der Waals surface area contributed by atoms with Crippen molar-refractivity contribution in [2.45, 2.75) is 0 Å². The number of aromatic nitrogens is 3. The van der Waals surface area contributed by atoms with Gasteiger partial charge in [0.15, 0.2) is 5.65 Å². The SMILES string of the molecule is Brc1cnn2cc(-c3ccccc3)cnc12. The van der Waals surface area contributed by atoms with E-state index in [4.69, 9.17) is 0 Å². The zero-order chi connectivity index (χ0) is 11.0. The van der Waals surface area contributed by atoms with Crippen LogP contribution in [0.4, 0.5) is 0 Å². The molecule has 0 unspecified atom stereocenters. The number of hydrogen-bond donors (Lipinski definition) is 0. The lowest BCUT2D eigenvalue weighted by Gasteiger charge is -2.01. The van der Waals surface area contributed by atoms with Crippen molar-refractivity contribution in [1.29, 1.82) is 0 Å². The molecule has 3 rings (SSSR count). The quantitative estimate of drug-likeness (QED) is 0.682. The number of fused-ring (bicyclic) bond motifs is 1. The van der Waals surface area contributed by atoms with E-state index in [1.807, 2.05) is 30.6 Å². The molecule has 4 heteroatoms. The lowest BCUT2D eigenvalue weighted by Crippen LogP contribution is -1.91. The van der Waals surface area contributed by atoms with Crippen molar-refractivity contribution < 1.29 is 0 Å². The fraction of sp³-hybridized carbons (Fsp3) is 0. The largest absolute Gasteiger partial charge is 0.235 e. The maximum absolute atomic E-state index is 4.37. The molecule has 0 aliphatic rings. The first-order valence-corrected chi connectivity index (χ1v) is 5.68. The molecule has 3 nitrogen and oxygen atoms in total. The smallest absolute Gasteiger partial charge is 0.169 e. The topological polar surface area (TPSA) is 30.2 Å². The molecular weight excluding hydrogens is 266 g/mol. The van der Waals surface area contributed by atoms with E-state index in [9.17, 15) is 0 Å². The molecule has 78 valence electrons. The third-order valence-corrected chi connectivity index (χ3v) is 2.98. The van der Waals surface area contributed by atoms with Gasteiger partial charge >= 0.3 is 0 Å². The molecule has 0 saturated carbocycles. The Morgan fingerprint density at radius 2 is 1.81 bits per heavy atom. The van der Waals surface area contributed by atoms with Crippen LogP contribution in [-0.2, 0) is 0 Å². The highest BCUT2D eigenvalue weighted by molar-refractivity contribution is 9.10. The number of rotatable bonds is 1. The van der Waals surface area contributed by atoms with Crippen LogP contribution >= 0.6 is 15.9 Å². The molecule has 2 heterocycles. The fourth-order valence-corrected chi connectivity index (χ4v) is 2.00. The van der Waals surface area contributed by atoms with Crippen LogP contribution in [0.15, 0.2) is 53.4 Å². The van der Waals surface area contributed by atoms with Gasteiger partial charge in [-0.15, -0.1) is 0 Å². The highest BCUT2D eigenvalue weighted by atomic mass is 79.9. The Labute approximate surface area is 101 Å². The van der Waals surface area contributed by atoms with Gasteiger partial charge in [0.05, 0.1) is 10.7 Å². The lowest BCUT2D eigenvalue weighted by atomic mass is 10.1. The third kappa shape index (κ3) is 1.51. The molecule has 0 fully saturated rings. The minimum absolute atomic E-state index is 0.833. The molecule has 0 N–H and O–H groups in total. The second-order valence-corrected chi connectivity index (χ2v) is 4.32. The Morgan fingerprint density at radius 1 is 1.00 bits per heavy atom. The van der Waals surface area contributed by atoms with E-state index in [2.05, 4.69) is 38.1 Å². The predicted octanol–water partition coefficient (Wildman–Crippen LogP) is 3.16. The molecule has 0 spiro atoms. The molecule has 16 heavy (non-hydrogen) atoms. The number of hydrogen-bond acceptors (Lipinski definition) is 2. The van der Waals surface area contributed by atoms with E-state index in [1.165, 1.54) is 0 Å². The molecular formula is C12H8BrN3. The lowest BCUT2D eigenvalue weighted by molar-refractivity contribution is 0.941. The van der Waals surface area contributed by atoms with Crippen molar-refractivity contribution >= 4 is 21.6 Å². The average molecular weight is 274 g/mol. The van der Waals surface area contributed by atoms with Gasteiger partial charge in [-0.05, 0) is 21.5 Å². The summed E-state index contributed by atoms with van der Waals surface area (Å²) in [4.78, 5) is 4.37. The van der Waals surface area contributed by atoms with Crippen molar-refractivity contribution in [3.8, 4) is 11.1 Å². The second-order valence-electron chi connectivity index (χ2n) is 3.47. The van der Waals surface area contributed by atoms with Gasteiger partial charge in [0.2, 0.25) is 0 Å². The summed E-state index contributed by atoms with van der Waals surface area (Å²) in [6.45, 7) is 0. The highest BCUT2D eigenvalue weighted by Gasteiger charge is 2.04. The zero-order valence-corrected chi connectivity index (χ0v) is 9.92. The molecule has 0 aliphatic carbocycles. The van der Waals surface area contributed by atoms with E-state index in [1.54, 1.807) is 10.7 Å². The van der Waals surface area contributed by atoms with Gasteiger partial charge in [-0.1, -0.05) is 30.3 Å². The van der Waals surface area contributed by atoms with E-state index in [0.717, 1.165) is 21.2 Å². The fourth-order valence-electron chi connectivity index (χ4n) is 1.63. The van der Waals surface area contributed by atoms with Crippen molar-refractivity contribution in [3.63, 3.8) is 0 Å². The molecule has 0 amide bonds. The van der Waals surface area contributed by atoms with Crippen LogP contribution in [0.1, 0.15) is 0 Å². The summed E-state index contributed by atoms with van der Waals surface area (Å²) in [5, 5.41) is 4.21. The van der Waals surface area contributed by atoms with Gasteiger partial charge in [0, 0.05) is 18.0 Å². The van der Waals surface area contributed by atoms with Crippen molar-refractivity contribution in [1.82, 2.24) is 14.6 Å². The Hall–Kier alpha value is -1.68. The van der Waals surface area contributed by atoms with Crippen LogP contribution in [0.2, 0.25) is 0 Å². The summed E-state index contributed by atoms with van der Waals surface area (Å²) in [7, 11) is 0. The normalized spacial score (nSPS) is 10.8. The first-order chi connectivity index (χ1) is 7.84. The van der Waals surface area contributed by atoms with Gasteiger partial charge in [-0.25, -0.2) is 9.50 Å². The number of halogens is 1. The molecule has 0 bridgehead atoms. The first-order valence-electron chi connectivity index (χ1n) is 4.89. The molecule has 1 aromatic carbocycles. The summed E-state index contributed by atoms with van der Waals surface area (Å²) in [6.07, 6.45) is 5.58. The first kappa shape index (κ1) is 9.54. The standard InChI is InChI=1S/C12H8BrN3/c13-11-7-15-16-8-10(6-14-12(11)16)9-4-2-1-3-5-9/h1-8H. The maximum atomic E-state index is 4.37. The van der Waals surface area contributed by atoms with Crippen LogP contribution in [0.5, 0.6) is 0 Å². The molecule has 0 aliphatic heterocycles. The highest BCUT2D eigenvalue weighted by Crippen LogP contribution is 2.20. The van der Waals surface area contributed by atoms with Crippen molar-refractivity contribution in [2.75, 3.05) is 0 Å². The minimum Gasteiger partial charge on any atom is -0.235 e. The second kappa shape index (κ2) is 3.72. The van der Waals surface area contributed by atoms with Crippen molar-refractivity contribution in [3.05, 3.63) is 53.4 Å². The van der Waals surface area contributed by atoms with Crippen LogP contribution < -0.4 is 0 Å². The Morgan fingerprint density at radius 3 is 2.62 bits per heavy atom. The Balaban J connectivity index is 2.19. The summed E-state index contributed by atoms with van der Waals surface area (Å²) >= 11 is 3.40. The molecule has 0 atom stereocenters. The van der Waals surface area contributed by atoms with Crippen molar-refractivity contribution in [2.24, 2.45) is 0 Å². The average Bonchev–Trinajstić information content (AvgIpc) is 2.72. The predicted molar refractivity (Wildman–Crippen MR) is 66.1 cm³/mol. The summed E-state index contributed by atoms with van der Waals surface area (Å²) in [5.41, 5.74) is 3.03. The van der Waals surface area contributed by atoms with Gasteiger partial charge < -0.3 is 0 Å². The van der Waals surface area contributed by atoms with E-state index in [-0.39, 0.29) is 0 Å². The van der Waals surface area contributed by atoms with E-state index in [0.29, 0.717) is 0 Å². The third-order valence-electron chi connectivity index (χ3n) is 2.42. The maximum Gasteiger partial charge on any atom is 0.169 e. The van der Waals surface area contributed by atoms with Crippen LogP contribution in [0.25, 0.3) is 16.8 Å². The minimum atomic E-state index is 0.833. The summed E-state index contributed by atoms with van der Waals surface area (Å²) in [5.74, 6) is 0. The molecule has 0 radical (unpaired) electrons. The van der Waals surface area contributed by atoms with Crippen LogP contribution in [0.3, 0.4) is 0 Å². The molecule has 3 aromatic rings. The van der Waals surface area contributed by atoms with Crippen LogP contribution in [0, 0.1) is 0 Å². The molecule has 0 saturated heterocycles. The van der Waals surface area contributed by atoms with Gasteiger partial charge in [-0.3, -0.25) is 0 Å². The molecule has 2 aromatic heterocycles. The van der Waals surface area contributed by atoms with E-state index < -0.39 is 0 Å². The summed E-state index contributed by atoms with van der Waals surface area (Å²) in [6, 6.07) is 10.1. The van der Waals surface area contributed by atoms with Gasteiger partial charge in [0.1, 0.15) is 0 Å². The zero-order valence-electron chi connectivity index (χ0n) is 8.34. The number of benzene rings is 1. The monoisotopic (exact) mass is 273 g/mol.